The van der Waals surface area contributed by atoms with Crippen LogP contribution in [0.1, 0.15) is 24.8 Å². The molecule has 0 bridgehead atoms. The lowest BCUT2D eigenvalue weighted by Crippen LogP contribution is -2.48. The molecular formula is C19H20N4O3S. The van der Waals surface area contributed by atoms with Crippen LogP contribution >= 0.6 is 11.8 Å². The van der Waals surface area contributed by atoms with E-state index in [1.807, 2.05) is 35.6 Å². The lowest BCUT2D eigenvalue weighted by atomic mass is 10.0. The maximum Gasteiger partial charge on any atom is 0.326 e. The molecule has 8 heteroatoms. The van der Waals surface area contributed by atoms with E-state index >= 15 is 0 Å². The Morgan fingerprint density at radius 3 is 2.89 bits per heavy atom. The molecule has 1 atom stereocenters. The summed E-state index contributed by atoms with van der Waals surface area (Å²) in [6.07, 6.45) is 2.20. The van der Waals surface area contributed by atoms with Crippen LogP contribution in [0.25, 0.3) is 16.6 Å². The number of likely N-dealkylation sites (tertiary alicyclic amines) is 1. The summed E-state index contributed by atoms with van der Waals surface area (Å²) in [6, 6.07) is 9.28. The van der Waals surface area contributed by atoms with Gasteiger partial charge < -0.3 is 10.0 Å². The first-order chi connectivity index (χ1) is 13.1. The number of carboxylic acids is 1. The van der Waals surface area contributed by atoms with E-state index in [-0.39, 0.29) is 11.7 Å². The first kappa shape index (κ1) is 17.8. The van der Waals surface area contributed by atoms with Crippen molar-refractivity contribution in [3.8, 4) is 0 Å². The number of para-hydroxylation sites is 1. The second kappa shape index (κ2) is 7.19. The minimum absolute atomic E-state index is 0.146. The summed E-state index contributed by atoms with van der Waals surface area (Å²) in [4.78, 5) is 25.6. The topological polar surface area (TPSA) is 87.8 Å². The van der Waals surface area contributed by atoms with Gasteiger partial charge in [-0.15, -0.1) is 10.2 Å². The SMILES string of the molecule is Cc1cc2nnc(SCC(=O)N3CCCCC3C(=O)O)n2c2ccccc12. The molecule has 0 aliphatic carbocycles. The molecule has 140 valence electrons. The largest absolute Gasteiger partial charge is 0.480 e. The fourth-order valence-electron chi connectivity index (χ4n) is 3.66. The van der Waals surface area contributed by atoms with E-state index in [4.69, 9.17) is 0 Å². The highest BCUT2D eigenvalue weighted by Gasteiger charge is 2.31. The molecule has 7 nitrogen and oxygen atoms in total. The Hall–Kier alpha value is -2.61. The van der Waals surface area contributed by atoms with Crippen LogP contribution in [0.4, 0.5) is 0 Å². The van der Waals surface area contributed by atoms with E-state index in [1.165, 1.54) is 16.7 Å². The van der Waals surface area contributed by atoms with Crippen LogP contribution in [0.15, 0.2) is 35.5 Å². The number of carbonyl (C=O) groups excluding carboxylic acids is 1. The summed E-state index contributed by atoms with van der Waals surface area (Å²) in [6.45, 7) is 2.54. The van der Waals surface area contributed by atoms with E-state index in [2.05, 4.69) is 16.3 Å². The molecule has 1 aromatic carbocycles. The third kappa shape index (κ3) is 3.25. The number of aliphatic carboxylic acids is 1. The number of hydrogen-bond donors (Lipinski definition) is 1. The minimum atomic E-state index is -0.928. The highest BCUT2D eigenvalue weighted by Crippen LogP contribution is 2.26. The predicted octanol–water partition coefficient (Wildman–Crippen LogP) is 2.75. The van der Waals surface area contributed by atoms with Crippen LogP contribution in [-0.2, 0) is 9.59 Å². The summed E-state index contributed by atoms with van der Waals surface area (Å²) in [5.41, 5.74) is 2.85. The number of pyridine rings is 1. The van der Waals surface area contributed by atoms with Crippen LogP contribution < -0.4 is 0 Å². The van der Waals surface area contributed by atoms with Gasteiger partial charge in [-0.25, -0.2) is 4.79 Å². The first-order valence-electron chi connectivity index (χ1n) is 8.95. The predicted molar refractivity (Wildman–Crippen MR) is 103 cm³/mol. The van der Waals surface area contributed by atoms with Gasteiger partial charge in [-0.3, -0.25) is 9.20 Å². The van der Waals surface area contributed by atoms with Gasteiger partial charge in [0.2, 0.25) is 5.91 Å². The van der Waals surface area contributed by atoms with Gasteiger partial charge in [-0.1, -0.05) is 30.0 Å². The molecule has 0 radical (unpaired) electrons. The average Bonchev–Trinajstić information content (AvgIpc) is 3.09. The molecule has 1 fully saturated rings. The Bertz CT molecular complexity index is 1030. The lowest BCUT2D eigenvalue weighted by molar-refractivity contribution is -0.150. The smallest absolute Gasteiger partial charge is 0.326 e. The summed E-state index contributed by atoms with van der Waals surface area (Å²) >= 11 is 1.30. The van der Waals surface area contributed by atoms with Gasteiger partial charge in [-0.2, -0.15) is 0 Å². The highest BCUT2D eigenvalue weighted by atomic mass is 32.2. The van der Waals surface area contributed by atoms with Crippen molar-refractivity contribution >= 4 is 40.2 Å². The fraction of sp³-hybridized carbons (Fsp3) is 0.368. The molecule has 1 unspecified atom stereocenters. The quantitative estimate of drug-likeness (QED) is 0.696. The molecule has 1 aliphatic heterocycles. The monoisotopic (exact) mass is 384 g/mol. The van der Waals surface area contributed by atoms with E-state index in [1.54, 1.807) is 0 Å². The third-order valence-corrected chi connectivity index (χ3v) is 5.92. The Morgan fingerprint density at radius 1 is 1.26 bits per heavy atom. The molecule has 1 aliphatic rings. The fourth-order valence-corrected chi connectivity index (χ4v) is 4.50. The molecule has 0 saturated carbocycles. The number of carbonyl (C=O) groups is 2. The Balaban J connectivity index is 1.60. The van der Waals surface area contributed by atoms with Gasteiger partial charge in [0.15, 0.2) is 10.8 Å². The maximum atomic E-state index is 12.6. The molecule has 3 heterocycles. The summed E-state index contributed by atoms with van der Waals surface area (Å²) in [7, 11) is 0. The molecule has 4 rings (SSSR count). The zero-order valence-electron chi connectivity index (χ0n) is 15.0. The Morgan fingerprint density at radius 2 is 2.07 bits per heavy atom. The van der Waals surface area contributed by atoms with Crippen LogP contribution in [0.2, 0.25) is 0 Å². The van der Waals surface area contributed by atoms with Crippen LogP contribution in [-0.4, -0.2) is 54.8 Å². The number of nitrogens with zero attached hydrogens (tertiary/aromatic N) is 4. The number of piperidine rings is 1. The zero-order valence-corrected chi connectivity index (χ0v) is 15.8. The van der Waals surface area contributed by atoms with Crippen LogP contribution in [0, 0.1) is 6.92 Å². The van der Waals surface area contributed by atoms with Gasteiger partial charge in [-0.05, 0) is 43.9 Å². The van der Waals surface area contributed by atoms with E-state index < -0.39 is 12.0 Å². The van der Waals surface area contributed by atoms with Crippen molar-refractivity contribution in [2.45, 2.75) is 37.4 Å². The molecule has 1 N–H and O–H groups in total. The number of amides is 1. The average molecular weight is 384 g/mol. The summed E-state index contributed by atoms with van der Waals surface area (Å²) < 4.78 is 1.95. The Labute approximate surface area is 160 Å². The van der Waals surface area contributed by atoms with Gasteiger partial charge >= 0.3 is 5.97 Å². The number of carboxylic acid groups (broad SMARTS) is 1. The zero-order chi connectivity index (χ0) is 19.0. The van der Waals surface area contributed by atoms with Crippen molar-refractivity contribution in [2.24, 2.45) is 0 Å². The molecular weight excluding hydrogens is 364 g/mol. The number of rotatable bonds is 4. The highest BCUT2D eigenvalue weighted by molar-refractivity contribution is 7.99. The van der Waals surface area contributed by atoms with Crippen LogP contribution in [0.3, 0.4) is 0 Å². The standard InChI is InChI=1S/C19H20N4O3S/c1-12-10-16-20-21-19(23(16)14-7-3-2-6-13(12)14)27-11-17(24)22-9-5-4-8-15(22)18(25)26/h2-3,6-7,10,15H,4-5,8-9,11H2,1H3,(H,25,26). The molecule has 27 heavy (non-hydrogen) atoms. The van der Waals surface area contributed by atoms with Crippen molar-refractivity contribution in [1.82, 2.24) is 19.5 Å². The molecule has 1 saturated heterocycles. The van der Waals surface area contributed by atoms with E-state index in [9.17, 15) is 14.7 Å². The van der Waals surface area contributed by atoms with Gasteiger partial charge in [0, 0.05) is 11.9 Å². The van der Waals surface area contributed by atoms with Crippen molar-refractivity contribution in [2.75, 3.05) is 12.3 Å². The van der Waals surface area contributed by atoms with Gasteiger partial charge in [0.25, 0.3) is 0 Å². The van der Waals surface area contributed by atoms with Crippen molar-refractivity contribution in [3.05, 3.63) is 35.9 Å². The number of hydrogen-bond acceptors (Lipinski definition) is 5. The lowest BCUT2D eigenvalue weighted by Gasteiger charge is -2.32. The van der Waals surface area contributed by atoms with Crippen molar-refractivity contribution in [1.29, 1.82) is 0 Å². The first-order valence-corrected chi connectivity index (χ1v) is 9.93. The van der Waals surface area contributed by atoms with E-state index in [0.717, 1.165) is 35.0 Å². The maximum absolute atomic E-state index is 12.6. The normalized spacial score (nSPS) is 17.5. The summed E-state index contributed by atoms with van der Waals surface area (Å²) in [5, 5.41) is 19.6. The van der Waals surface area contributed by atoms with E-state index in [0.29, 0.717) is 18.1 Å². The second-order valence-electron chi connectivity index (χ2n) is 6.75. The minimum Gasteiger partial charge on any atom is -0.480 e. The molecule has 1 amide bonds. The van der Waals surface area contributed by atoms with Crippen molar-refractivity contribution in [3.63, 3.8) is 0 Å². The molecule has 2 aromatic heterocycles. The third-order valence-electron chi connectivity index (χ3n) is 5.01. The summed E-state index contributed by atoms with van der Waals surface area (Å²) in [5.74, 6) is -0.949. The number of aryl methyl sites for hydroxylation is 1. The molecule has 0 spiro atoms. The second-order valence-corrected chi connectivity index (χ2v) is 7.69. The number of aromatic nitrogens is 3. The van der Waals surface area contributed by atoms with Gasteiger partial charge in [0.05, 0.1) is 11.3 Å². The number of benzene rings is 1. The van der Waals surface area contributed by atoms with Gasteiger partial charge in [0.1, 0.15) is 6.04 Å². The molecule has 3 aromatic rings. The number of thioether (sulfide) groups is 1. The Kier molecular flexibility index (Phi) is 4.73. The van der Waals surface area contributed by atoms with Crippen molar-refractivity contribution < 1.29 is 14.7 Å². The number of fused-ring (bicyclic) bond motifs is 3. The van der Waals surface area contributed by atoms with Crippen LogP contribution in [0.5, 0.6) is 0 Å².